The highest BCUT2D eigenvalue weighted by molar-refractivity contribution is 7.99. The fourth-order valence-electron chi connectivity index (χ4n) is 2.64. The zero-order chi connectivity index (χ0) is 16.2. The van der Waals surface area contributed by atoms with Gasteiger partial charge in [-0.2, -0.15) is 0 Å². The van der Waals surface area contributed by atoms with Gasteiger partial charge >= 0.3 is 0 Å². The Morgan fingerprint density at radius 3 is 2.83 bits per heavy atom. The number of rotatable bonds is 5. The van der Waals surface area contributed by atoms with Crippen molar-refractivity contribution in [2.75, 3.05) is 45.2 Å². The van der Waals surface area contributed by atoms with Crippen LogP contribution in [0.25, 0.3) is 0 Å². The molecule has 4 rings (SSSR count). The minimum Gasteiger partial charge on any atom is -0.485 e. The van der Waals surface area contributed by atoms with Crippen molar-refractivity contribution in [2.24, 2.45) is 0 Å². The van der Waals surface area contributed by atoms with Crippen molar-refractivity contribution in [3.05, 3.63) is 30.2 Å². The summed E-state index contributed by atoms with van der Waals surface area (Å²) in [6.45, 7) is 4.97. The topological polar surface area (TPSA) is 69.9 Å². The third kappa shape index (κ3) is 3.66. The number of ether oxygens (including phenoxy) is 3. The Morgan fingerprint density at radius 1 is 1.12 bits per heavy atom. The van der Waals surface area contributed by atoms with Gasteiger partial charge in [-0.15, -0.1) is 10.2 Å². The molecule has 2 aliphatic rings. The van der Waals surface area contributed by atoms with Crippen LogP contribution in [0.3, 0.4) is 0 Å². The van der Waals surface area contributed by atoms with Gasteiger partial charge in [0.25, 0.3) is 11.1 Å². The molecule has 0 bridgehead atoms. The molecule has 0 aliphatic carbocycles. The molecule has 0 radical (unpaired) electrons. The van der Waals surface area contributed by atoms with E-state index in [1.165, 1.54) is 0 Å². The largest absolute Gasteiger partial charge is 0.485 e. The summed E-state index contributed by atoms with van der Waals surface area (Å²) < 4.78 is 22.6. The van der Waals surface area contributed by atoms with Crippen LogP contribution in [0.2, 0.25) is 0 Å². The van der Waals surface area contributed by atoms with Gasteiger partial charge in [0.15, 0.2) is 11.5 Å². The molecule has 2 aromatic rings. The summed E-state index contributed by atoms with van der Waals surface area (Å²) in [4.78, 5) is 2.38. The van der Waals surface area contributed by atoms with Crippen LogP contribution in [0.4, 0.5) is 0 Å². The number of thioether (sulfide) groups is 1. The third-order valence-electron chi connectivity index (χ3n) is 3.94. The van der Waals surface area contributed by atoms with Crippen molar-refractivity contribution < 1.29 is 18.6 Å². The highest BCUT2D eigenvalue weighted by Crippen LogP contribution is 2.35. The SMILES string of the molecule is c1ccc2c(c1)OCC(c1nnc(SCCN3CCOCC3)o1)O2. The standard InChI is InChI=1S/C16H19N3O4S/c1-2-4-13-12(3-1)21-11-14(22-13)15-17-18-16(23-15)24-10-7-19-5-8-20-9-6-19/h1-4,14H,5-11H2. The Morgan fingerprint density at radius 2 is 1.96 bits per heavy atom. The molecule has 1 fully saturated rings. The highest BCUT2D eigenvalue weighted by atomic mass is 32.2. The average molecular weight is 349 g/mol. The van der Waals surface area contributed by atoms with Gasteiger partial charge in [-0.3, -0.25) is 4.90 Å². The Bertz CT molecular complexity index is 675. The summed E-state index contributed by atoms with van der Waals surface area (Å²) in [6, 6.07) is 7.58. The van der Waals surface area contributed by atoms with Crippen LogP contribution in [0.1, 0.15) is 12.0 Å². The van der Waals surface area contributed by atoms with Crippen LogP contribution in [0.15, 0.2) is 33.9 Å². The molecule has 3 heterocycles. The lowest BCUT2D eigenvalue weighted by atomic mass is 10.2. The molecule has 7 nitrogen and oxygen atoms in total. The second-order valence-electron chi connectivity index (χ2n) is 5.57. The van der Waals surface area contributed by atoms with Gasteiger partial charge in [-0.25, -0.2) is 0 Å². The normalized spacial score (nSPS) is 20.9. The minimum absolute atomic E-state index is 0.360. The number of morpholine rings is 1. The van der Waals surface area contributed by atoms with E-state index in [-0.39, 0.29) is 6.10 Å². The van der Waals surface area contributed by atoms with Crippen molar-refractivity contribution in [1.29, 1.82) is 0 Å². The molecule has 8 heteroatoms. The first-order valence-corrected chi connectivity index (χ1v) is 9.02. The van der Waals surface area contributed by atoms with Gasteiger partial charge in [0.1, 0.15) is 6.61 Å². The van der Waals surface area contributed by atoms with Crippen LogP contribution in [0, 0.1) is 0 Å². The number of nitrogens with zero attached hydrogens (tertiary/aromatic N) is 3. The Labute approximate surface area is 144 Å². The first-order chi connectivity index (χ1) is 11.9. The fourth-order valence-corrected chi connectivity index (χ4v) is 3.40. The number of hydrogen-bond acceptors (Lipinski definition) is 8. The number of aromatic nitrogens is 2. The average Bonchev–Trinajstić information content (AvgIpc) is 3.11. The van der Waals surface area contributed by atoms with Gasteiger partial charge in [-0.05, 0) is 12.1 Å². The van der Waals surface area contributed by atoms with Crippen LogP contribution in [-0.4, -0.2) is 60.3 Å². The van der Waals surface area contributed by atoms with Crippen molar-refractivity contribution in [3.63, 3.8) is 0 Å². The summed E-state index contributed by atoms with van der Waals surface area (Å²) >= 11 is 1.57. The number of para-hydroxylation sites is 2. The van der Waals surface area contributed by atoms with Crippen molar-refractivity contribution in [1.82, 2.24) is 15.1 Å². The van der Waals surface area contributed by atoms with Crippen LogP contribution in [0.5, 0.6) is 11.5 Å². The summed E-state index contributed by atoms with van der Waals surface area (Å²) in [6.07, 6.45) is -0.360. The zero-order valence-corrected chi connectivity index (χ0v) is 14.0. The Kier molecular flexibility index (Phi) is 4.86. The molecule has 0 saturated carbocycles. The maximum absolute atomic E-state index is 5.88. The Balaban J connectivity index is 1.30. The Hall–Kier alpha value is -1.77. The smallest absolute Gasteiger partial charge is 0.276 e. The van der Waals surface area contributed by atoms with Crippen LogP contribution in [-0.2, 0) is 4.74 Å². The monoisotopic (exact) mass is 349 g/mol. The van der Waals surface area contributed by atoms with E-state index >= 15 is 0 Å². The first kappa shape index (κ1) is 15.7. The van der Waals surface area contributed by atoms with E-state index in [1.807, 2.05) is 24.3 Å². The van der Waals surface area contributed by atoms with E-state index < -0.39 is 0 Å². The predicted octanol–water partition coefficient (Wildman–Crippen LogP) is 2.01. The van der Waals surface area contributed by atoms with E-state index in [0.717, 1.165) is 44.4 Å². The van der Waals surface area contributed by atoms with Gasteiger partial charge in [-0.1, -0.05) is 23.9 Å². The number of hydrogen-bond donors (Lipinski definition) is 0. The van der Waals surface area contributed by atoms with E-state index in [1.54, 1.807) is 11.8 Å². The summed E-state index contributed by atoms with van der Waals surface area (Å²) in [7, 11) is 0. The first-order valence-electron chi connectivity index (χ1n) is 8.03. The lowest BCUT2D eigenvalue weighted by Crippen LogP contribution is -2.37. The maximum atomic E-state index is 5.88. The quantitative estimate of drug-likeness (QED) is 0.759. The lowest BCUT2D eigenvalue weighted by Gasteiger charge is -2.25. The lowest BCUT2D eigenvalue weighted by molar-refractivity contribution is 0.0409. The molecule has 128 valence electrons. The molecule has 1 unspecified atom stereocenters. The van der Waals surface area contributed by atoms with Gasteiger partial charge < -0.3 is 18.6 Å². The third-order valence-corrected chi connectivity index (χ3v) is 4.74. The molecule has 1 atom stereocenters. The molecule has 0 N–H and O–H groups in total. The van der Waals surface area contributed by atoms with Crippen LogP contribution >= 0.6 is 11.8 Å². The highest BCUT2D eigenvalue weighted by Gasteiger charge is 2.27. The van der Waals surface area contributed by atoms with Crippen molar-refractivity contribution >= 4 is 11.8 Å². The number of fused-ring (bicyclic) bond motifs is 1. The van der Waals surface area contributed by atoms with Crippen molar-refractivity contribution in [2.45, 2.75) is 11.3 Å². The predicted molar refractivity (Wildman–Crippen MR) is 87.6 cm³/mol. The van der Waals surface area contributed by atoms with Gasteiger partial charge in [0.05, 0.1) is 13.2 Å². The second-order valence-corrected chi connectivity index (χ2v) is 6.62. The second kappa shape index (κ2) is 7.42. The molecule has 0 amide bonds. The molecule has 1 saturated heterocycles. The summed E-state index contributed by atoms with van der Waals surface area (Å²) in [5.74, 6) is 2.81. The number of benzene rings is 1. The van der Waals surface area contributed by atoms with Crippen LogP contribution < -0.4 is 9.47 Å². The molecule has 1 aromatic carbocycles. The summed E-state index contributed by atoms with van der Waals surface area (Å²) in [5.41, 5.74) is 0. The summed E-state index contributed by atoms with van der Waals surface area (Å²) in [5, 5.41) is 8.77. The van der Waals surface area contributed by atoms with E-state index in [0.29, 0.717) is 23.5 Å². The molecule has 1 aromatic heterocycles. The molecular weight excluding hydrogens is 330 g/mol. The van der Waals surface area contributed by atoms with E-state index in [2.05, 4.69) is 15.1 Å². The van der Waals surface area contributed by atoms with Gasteiger partial charge in [0.2, 0.25) is 6.10 Å². The van der Waals surface area contributed by atoms with E-state index in [9.17, 15) is 0 Å². The molecule has 2 aliphatic heterocycles. The van der Waals surface area contributed by atoms with E-state index in [4.69, 9.17) is 18.6 Å². The molecular formula is C16H19N3O4S. The van der Waals surface area contributed by atoms with Crippen molar-refractivity contribution in [3.8, 4) is 11.5 Å². The maximum Gasteiger partial charge on any atom is 0.276 e. The minimum atomic E-state index is -0.360. The fraction of sp³-hybridized carbons (Fsp3) is 0.500. The van der Waals surface area contributed by atoms with Gasteiger partial charge in [0, 0.05) is 25.4 Å². The zero-order valence-electron chi connectivity index (χ0n) is 13.2. The molecule has 24 heavy (non-hydrogen) atoms. The molecule has 0 spiro atoms.